The molecule has 154 valence electrons. The molecule has 0 saturated heterocycles. The van der Waals surface area contributed by atoms with E-state index in [1.165, 1.54) is 0 Å². The summed E-state index contributed by atoms with van der Waals surface area (Å²) in [7, 11) is 0. The Hall–Kier alpha value is -2.43. The van der Waals surface area contributed by atoms with Gasteiger partial charge >= 0.3 is 5.97 Å². The van der Waals surface area contributed by atoms with Crippen LogP contribution < -0.4 is 4.74 Å². The van der Waals surface area contributed by atoms with Crippen LogP contribution in [0, 0.1) is 0 Å². The molecule has 0 spiro atoms. The Morgan fingerprint density at radius 2 is 1.89 bits per heavy atom. The summed E-state index contributed by atoms with van der Waals surface area (Å²) in [6.07, 6.45) is 4.64. The predicted molar refractivity (Wildman–Crippen MR) is 110 cm³/mol. The van der Waals surface area contributed by atoms with Crippen LogP contribution in [0.5, 0.6) is 5.75 Å². The van der Waals surface area contributed by atoms with Gasteiger partial charge in [-0.1, -0.05) is 52.0 Å². The molecule has 0 bridgehead atoms. The number of halogens is 2. The molecule has 0 saturated carbocycles. The molecule has 1 rings (SSSR count). The molecule has 0 unspecified atom stereocenters. The number of alkyl halides is 2. The van der Waals surface area contributed by atoms with Gasteiger partial charge in [-0.15, -0.1) is 0 Å². The molecule has 0 aliphatic rings. The molecule has 3 nitrogen and oxygen atoms in total. The summed E-state index contributed by atoms with van der Waals surface area (Å²) in [5, 5.41) is 8.77. The number of benzene rings is 1. The zero-order valence-electron chi connectivity index (χ0n) is 17.5. The lowest BCUT2D eigenvalue weighted by Gasteiger charge is -2.26. The van der Waals surface area contributed by atoms with Crippen LogP contribution in [-0.4, -0.2) is 24.1 Å². The predicted octanol–water partition coefficient (Wildman–Crippen LogP) is 6.18. The molecule has 0 aliphatic carbocycles. The maximum absolute atomic E-state index is 12.8. The lowest BCUT2D eigenvalue weighted by atomic mass is 9.82. The minimum atomic E-state index is -2.56. The van der Waals surface area contributed by atoms with E-state index in [0.717, 1.165) is 34.8 Å². The Bertz CT molecular complexity index is 782. The topological polar surface area (TPSA) is 46.5 Å². The standard InChI is InChI=1S/C23H30F2O3/c1-7-17-12-18(16(3)10-8-9-15(2)11-21(26)27)22(28-14-20(24)25)19(13-17)23(4,5)6/h8-13,20H,7,14H2,1-6H3,(H,26,27). The zero-order chi connectivity index (χ0) is 21.5. The zero-order valence-corrected chi connectivity index (χ0v) is 17.5. The Morgan fingerprint density at radius 1 is 1.25 bits per heavy atom. The molecule has 5 heteroatoms. The van der Waals surface area contributed by atoms with Gasteiger partial charge < -0.3 is 9.84 Å². The number of carboxylic acids is 1. The fourth-order valence-corrected chi connectivity index (χ4v) is 2.72. The first-order chi connectivity index (χ1) is 13.0. The molecule has 0 heterocycles. The number of rotatable bonds is 8. The fourth-order valence-electron chi connectivity index (χ4n) is 2.72. The van der Waals surface area contributed by atoms with Crippen molar-refractivity contribution >= 4 is 11.5 Å². The molecule has 1 aromatic carbocycles. The van der Waals surface area contributed by atoms with Crippen molar-refractivity contribution < 1.29 is 23.4 Å². The van der Waals surface area contributed by atoms with Crippen LogP contribution in [0.2, 0.25) is 0 Å². The van der Waals surface area contributed by atoms with Crippen molar-refractivity contribution in [2.45, 2.75) is 59.8 Å². The quantitative estimate of drug-likeness (QED) is 0.424. The van der Waals surface area contributed by atoms with Gasteiger partial charge in [0.25, 0.3) is 6.43 Å². The number of hydrogen-bond donors (Lipinski definition) is 1. The van der Waals surface area contributed by atoms with Crippen molar-refractivity contribution in [3.8, 4) is 5.75 Å². The molecule has 1 aromatic rings. The van der Waals surface area contributed by atoms with Gasteiger partial charge in [0.1, 0.15) is 12.4 Å². The van der Waals surface area contributed by atoms with Crippen molar-refractivity contribution in [2.24, 2.45) is 0 Å². The van der Waals surface area contributed by atoms with Crippen LogP contribution in [0.3, 0.4) is 0 Å². The van der Waals surface area contributed by atoms with Crippen molar-refractivity contribution in [1.82, 2.24) is 0 Å². The highest BCUT2D eigenvalue weighted by atomic mass is 19.3. The maximum Gasteiger partial charge on any atom is 0.328 e. The van der Waals surface area contributed by atoms with Crippen molar-refractivity contribution in [1.29, 1.82) is 0 Å². The summed E-state index contributed by atoms with van der Waals surface area (Å²) in [5.41, 5.74) is 3.94. The minimum absolute atomic E-state index is 0.270. The Morgan fingerprint density at radius 3 is 2.39 bits per heavy atom. The van der Waals surface area contributed by atoms with Crippen molar-refractivity contribution in [2.75, 3.05) is 6.61 Å². The highest BCUT2D eigenvalue weighted by Gasteiger charge is 2.24. The van der Waals surface area contributed by atoms with Gasteiger partial charge in [0, 0.05) is 17.2 Å². The second-order valence-corrected chi connectivity index (χ2v) is 7.76. The second-order valence-electron chi connectivity index (χ2n) is 7.76. The Labute approximate surface area is 166 Å². The second kappa shape index (κ2) is 10.2. The van der Waals surface area contributed by atoms with E-state index in [4.69, 9.17) is 9.84 Å². The summed E-state index contributed by atoms with van der Waals surface area (Å²) in [6.45, 7) is 11.0. The van der Waals surface area contributed by atoms with E-state index in [9.17, 15) is 13.6 Å². The van der Waals surface area contributed by atoms with Crippen LogP contribution >= 0.6 is 0 Å². The molecule has 0 fully saturated rings. The first-order valence-corrected chi connectivity index (χ1v) is 9.30. The molecule has 0 atom stereocenters. The highest BCUT2D eigenvalue weighted by Crippen LogP contribution is 2.39. The molecular formula is C23H30F2O3. The highest BCUT2D eigenvalue weighted by molar-refractivity contribution is 5.81. The number of aliphatic carboxylic acids is 1. The van der Waals surface area contributed by atoms with E-state index in [2.05, 4.69) is 0 Å². The van der Waals surface area contributed by atoms with Crippen LogP contribution in [0.25, 0.3) is 5.57 Å². The number of hydrogen-bond acceptors (Lipinski definition) is 2. The van der Waals surface area contributed by atoms with Crippen molar-refractivity contribution in [3.05, 3.63) is 58.7 Å². The molecule has 0 radical (unpaired) electrons. The van der Waals surface area contributed by atoms with E-state index in [1.807, 2.05) is 52.8 Å². The minimum Gasteiger partial charge on any atom is -0.487 e. The van der Waals surface area contributed by atoms with Gasteiger partial charge in [0.05, 0.1) is 0 Å². The van der Waals surface area contributed by atoms with Crippen LogP contribution in [0.1, 0.15) is 58.2 Å². The first kappa shape index (κ1) is 23.6. The SMILES string of the molecule is CCc1cc(C(C)=CC=CC(C)=CC(=O)O)c(OCC(F)F)c(C(C)(C)C)c1. The molecule has 0 amide bonds. The average molecular weight is 392 g/mol. The Balaban J connectivity index is 3.46. The lowest BCUT2D eigenvalue weighted by molar-refractivity contribution is -0.131. The van der Waals surface area contributed by atoms with E-state index in [1.54, 1.807) is 19.1 Å². The largest absolute Gasteiger partial charge is 0.487 e. The molecule has 1 N–H and O–H groups in total. The van der Waals surface area contributed by atoms with Gasteiger partial charge in [0.15, 0.2) is 0 Å². The summed E-state index contributed by atoms with van der Waals surface area (Å²) >= 11 is 0. The third-order valence-electron chi connectivity index (χ3n) is 4.20. The van der Waals surface area contributed by atoms with Gasteiger partial charge in [-0.05, 0) is 48.5 Å². The number of allylic oxidation sites excluding steroid dienone is 5. The molecule has 0 aliphatic heterocycles. The molecule has 28 heavy (non-hydrogen) atoms. The van der Waals surface area contributed by atoms with Crippen LogP contribution in [0.4, 0.5) is 8.78 Å². The third-order valence-corrected chi connectivity index (χ3v) is 4.20. The Kier molecular flexibility index (Phi) is 8.61. The monoisotopic (exact) mass is 392 g/mol. The van der Waals surface area contributed by atoms with E-state index in [-0.39, 0.29) is 5.41 Å². The normalized spacial score (nSPS) is 13.5. The van der Waals surface area contributed by atoms with Gasteiger partial charge in [0.2, 0.25) is 0 Å². The van der Waals surface area contributed by atoms with E-state index in [0.29, 0.717) is 11.3 Å². The first-order valence-electron chi connectivity index (χ1n) is 9.30. The van der Waals surface area contributed by atoms with Gasteiger partial charge in [-0.2, -0.15) is 0 Å². The number of carbonyl (C=O) groups is 1. The summed E-state index contributed by atoms with van der Waals surface area (Å²) < 4.78 is 31.2. The van der Waals surface area contributed by atoms with Crippen LogP contribution in [0.15, 0.2) is 42.0 Å². The van der Waals surface area contributed by atoms with Gasteiger partial charge in [-0.3, -0.25) is 0 Å². The third kappa shape index (κ3) is 7.29. The molecule has 0 aromatic heterocycles. The average Bonchev–Trinajstić information content (AvgIpc) is 2.57. The summed E-state index contributed by atoms with van der Waals surface area (Å²) in [6, 6.07) is 3.99. The number of aryl methyl sites for hydroxylation is 1. The smallest absolute Gasteiger partial charge is 0.328 e. The van der Waals surface area contributed by atoms with E-state index >= 15 is 0 Å². The van der Waals surface area contributed by atoms with Gasteiger partial charge in [-0.25, -0.2) is 13.6 Å². The summed E-state index contributed by atoms with van der Waals surface area (Å²) in [5.74, 6) is -0.527. The number of ether oxygens (including phenoxy) is 1. The number of carboxylic acid groups (broad SMARTS) is 1. The van der Waals surface area contributed by atoms with E-state index < -0.39 is 19.0 Å². The van der Waals surface area contributed by atoms with Crippen molar-refractivity contribution in [3.63, 3.8) is 0 Å². The lowest BCUT2D eigenvalue weighted by Crippen LogP contribution is -2.17. The fraction of sp³-hybridized carbons (Fsp3) is 0.435. The van der Waals surface area contributed by atoms with Crippen LogP contribution in [-0.2, 0) is 16.6 Å². The maximum atomic E-state index is 12.8. The molecular weight excluding hydrogens is 362 g/mol. The summed E-state index contributed by atoms with van der Waals surface area (Å²) in [4.78, 5) is 10.7.